The second-order valence-corrected chi connectivity index (χ2v) is 5.20. The van der Waals surface area contributed by atoms with Gasteiger partial charge in [0.2, 0.25) is 5.91 Å². The number of nitrogens with zero attached hydrogens (tertiary/aromatic N) is 1. The number of rotatable bonds is 4. The van der Waals surface area contributed by atoms with Crippen LogP contribution in [0.4, 0.5) is 4.39 Å². The Morgan fingerprint density at radius 3 is 2.74 bits per heavy atom. The molecule has 4 heteroatoms. The van der Waals surface area contributed by atoms with Gasteiger partial charge in [0.1, 0.15) is 5.82 Å². The number of carbonyl (C=O) groups is 1. The van der Waals surface area contributed by atoms with Gasteiger partial charge in [0.05, 0.1) is 0 Å². The van der Waals surface area contributed by atoms with Crippen molar-refractivity contribution in [1.29, 1.82) is 0 Å². The molecule has 1 saturated heterocycles. The summed E-state index contributed by atoms with van der Waals surface area (Å²) >= 11 is 0. The molecule has 1 aliphatic rings. The van der Waals surface area contributed by atoms with Crippen LogP contribution in [0.25, 0.3) is 0 Å². The average molecular weight is 264 g/mol. The zero-order valence-electron chi connectivity index (χ0n) is 11.1. The molecule has 2 rings (SSSR count). The van der Waals surface area contributed by atoms with E-state index in [1.54, 1.807) is 12.1 Å². The van der Waals surface area contributed by atoms with Gasteiger partial charge in [-0.15, -0.1) is 0 Å². The fourth-order valence-electron chi connectivity index (χ4n) is 2.67. The highest BCUT2D eigenvalue weighted by molar-refractivity contribution is 5.76. The smallest absolute Gasteiger partial charge is 0.223 e. The summed E-state index contributed by atoms with van der Waals surface area (Å²) in [5.74, 6) is 0.531. The lowest BCUT2D eigenvalue weighted by molar-refractivity contribution is -0.132. The molecule has 0 radical (unpaired) electrons. The van der Waals surface area contributed by atoms with Gasteiger partial charge in [-0.3, -0.25) is 4.79 Å². The highest BCUT2D eigenvalue weighted by atomic mass is 19.1. The quantitative estimate of drug-likeness (QED) is 0.903. The van der Waals surface area contributed by atoms with Gasteiger partial charge in [-0.05, 0) is 42.9 Å². The monoisotopic (exact) mass is 264 g/mol. The molecule has 1 fully saturated rings. The average Bonchev–Trinajstić information content (AvgIpc) is 2.40. The van der Waals surface area contributed by atoms with Crippen molar-refractivity contribution in [3.8, 4) is 0 Å². The molecule has 0 saturated carbocycles. The minimum atomic E-state index is -0.173. The molecule has 1 amide bonds. The molecule has 1 heterocycles. The van der Waals surface area contributed by atoms with E-state index in [4.69, 9.17) is 5.73 Å². The number of likely N-dealkylation sites (tertiary alicyclic amines) is 1. The summed E-state index contributed by atoms with van der Waals surface area (Å²) in [7, 11) is 0. The van der Waals surface area contributed by atoms with Crippen molar-refractivity contribution in [1.82, 2.24) is 4.90 Å². The second kappa shape index (κ2) is 6.66. The van der Waals surface area contributed by atoms with Gasteiger partial charge < -0.3 is 10.6 Å². The van der Waals surface area contributed by atoms with Crippen LogP contribution in [-0.4, -0.2) is 30.4 Å². The topological polar surface area (TPSA) is 46.3 Å². The summed E-state index contributed by atoms with van der Waals surface area (Å²) < 4.78 is 13.1. The van der Waals surface area contributed by atoms with E-state index in [1.807, 2.05) is 11.0 Å². The summed E-state index contributed by atoms with van der Waals surface area (Å²) in [6.45, 7) is 2.03. The van der Waals surface area contributed by atoms with Gasteiger partial charge in [-0.1, -0.05) is 12.1 Å². The normalized spacial score (nSPS) is 16.6. The van der Waals surface area contributed by atoms with Crippen LogP contribution in [0.2, 0.25) is 0 Å². The summed E-state index contributed by atoms with van der Waals surface area (Å²) in [5.41, 5.74) is 6.44. The fraction of sp³-hybridized carbons (Fsp3) is 0.533. The minimum Gasteiger partial charge on any atom is -0.343 e. The van der Waals surface area contributed by atoms with E-state index < -0.39 is 0 Å². The van der Waals surface area contributed by atoms with E-state index in [1.165, 1.54) is 6.07 Å². The van der Waals surface area contributed by atoms with Crippen LogP contribution >= 0.6 is 0 Å². The number of halogens is 1. The maximum atomic E-state index is 13.1. The van der Waals surface area contributed by atoms with Crippen LogP contribution in [0.3, 0.4) is 0 Å². The first-order valence-electron chi connectivity index (χ1n) is 6.91. The Kier molecular flexibility index (Phi) is 4.91. The molecule has 1 aromatic carbocycles. The van der Waals surface area contributed by atoms with E-state index in [-0.39, 0.29) is 11.7 Å². The first-order chi connectivity index (χ1) is 9.19. The lowest BCUT2D eigenvalue weighted by atomic mass is 9.90. The van der Waals surface area contributed by atoms with E-state index in [9.17, 15) is 9.18 Å². The molecule has 104 valence electrons. The number of hydrogen-bond donors (Lipinski definition) is 1. The number of carbonyl (C=O) groups excluding carboxylic acids is 1. The first kappa shape index (κ1) is 14.0. The largest absolute Gasteiger partial charge is 0.343 e. The van der Waals surface area contributed by atoms with Gasteiger partial charge >= 0.3 is 0 Å². The summed E-state index contributed by atoms with van der Waals surface area (Å²) in [4.78, 5) is 13.6. The van der Waals surface area contributed by atoms with Crippen LogP contribution in [0.5, 0.6) is 0 Å². The molecule has 3 nitrogen and oxygen atoms in total. The van der Waals surface area contributed by atoms with Gasteiger partial charge in [0, 0.05) is 26.1 Å². The SMILES string of the molecule is NCCC(=O)N1CCC(Cc2cccc(F)c2)CC1. The predicted octanol–water partition coefficient (Wildman–Crippen LogP) is 1.96. The highest BCUT2D eigenvalue weighted by Crippen LogP contribution is 2.22. The zero-order chi connectivity index (χ0) is 13.7. The molecule has 1 aromatic rings. The number of piperidine rings is 1. The van der Waals surface area contributed by atoms with Crippen LogP contribution < -0.4 is 5.73 Å². The van der Waals surface area contributed by atoms with Crippen molar-refractivity contribution >= 4 is 5.91 Å². The van der Waals surface area contributed by atoms with Crippen molar-refractivity contribution in [3.05, 3.63) is 35.6 Å². The van der Waals surface area contributed by atoms with Crippen LogP contribution in [0, 0.1) is 11.7 Å². The minimum absolute atomic E-state index is 0.159. The van der Waals surface area contributed by atoms with Crippen LogP contribution in [0.1, 0.15) is 24.8 Å². The Labute approximate surface area is 113 Å². The van der Waals surface area contributed by atoms with E-state index in [2.05, 4.69) is 0 Å². The second-order valence-electron chi connectivity index (χ2n) is 5.20. The number of nitrogens with two attached hydrogens (primary N) is 1. The molecule has 0 atom stereocenters. The molecule has 0 bridgehead atoms. The lowest BCUT2D eigenvalue weighted by Crippen LogP contribution is -2.39. The Balaban J connectivity index is 1.82. The molecular weight excluding hydrogens is 243 g/mol. The zero-order valence-corrected chi connectivity index (χ0v) is 11.1. The van der Waals surface area contributed by atoms with Gasteiger partial charge in [-0.25, -0.2) is 4.39 Å². The van der Waals surface area contributed by atoms with Crippen molar-refractivity contribution < 1.29 is 9.18 Å². The van der Waals surface area contributed by atoms with E-state index in [0.29, 0.717) is 18.9 Å². The van der Waals surface area contributed by atoms with Crippen molar-refractivity contribution in [2.24, 2.45) is 11.7 Å². The van der Waals surface area contributed by atoms with Gasteiger partial charge in [0.25, 0.3) is 0 Å². The van der Waals surface area contributed by atoms with E-state index >= 15 is 0 Å². The third-order valence-electron chi connectivity index (χ3n) is 3.74. The Morgan fingerprint density at radius 2 is 2.11 bits per heavy atom. The third kappa shape index (κ3) is 4.03. The number of hydrogen-bond acceptors (Lipinski definition) is 2. The number of amides is 1. The highest BCUT2D eigenvalue weighted by Gasteiger charge is 2.22. The van der Waals surface area contributed by atoms with Crippen molar-refractivity contribution in [3.63, 3.8) is 0 Å². The van der Waals surface area contributed by atoms with Crippen LogP contribution in [0.15, 0.2) is 24.3 Å². The van der Waals surface area contributed by atoms with Crippen LogP contribution in [-0.2, 0) is 11.2 Å². The predicted molar refractivity (Wildman–Crippen MR) is 73.1 cm³/mol. The maximum absolute atomic E-state index is 13.1. The summed E-state index contributed by atoms with van der Waals surface area (Å²) in [6.07, 6.45) is 3.32. The Bertz CT molecular complexity index is 428. The summed E-state index contributed by atoms with van der Waals surface area (Å²) in [6, 6.07) is 6.79. The van der Waals surface area contributed by atoms with Gasteiger partial charge in [0.15, 0.2) is 0 Å². The maximum Gasteiger partial charge on any atom is 0.223 e. The third-order valence-corrected chi connectivity index (χ3v) is 3.74. The lowest BCUT2D eigenvalue weighted by Gasteiger charge is -2.32. The molecule has 0 aromatic heterocycles. The van der Waals surface area contributed by atoms with E-state index in [0.717, 1.165) is 37.9 Å². The van der Waals surface area contributed by atoms with Crippen molar-refractivity contribution in [2.75, 3.05) is 19.6 Å². The molecule has 0 unspecified atom stereocenters. The summed E-state index contributed by atoms with van der Waals surface area (Å²) in [5, 5.41) is 0. The molecular formula is C15H21FN2O. The standard InChI is InChI=1S/C15H21FN2O/c16-14-3-1-2-13(11-14)10-12-5-8-18(9-6-12)15(19)4-7-17/h1-3,11-12H,4-10,17H2. The Hall–Kier alpha value is -1.42. The molecule has 19 heavy (non-hydrogen) atoms. The molecule has 0 spiro atoms. The first-order valence-corrected chi connectivity index (χ1v) is 6.91. The molecule has 0 aliphatic carbocycles. The Morgan fingerprint density at radius 1 is 1.37 bits per heavy atom. The van der Waals surface area contributed by atoms with Gasteiger partial charge in [-0.2, -0.15) is 0 Å². The molecule has 1 aliphatic heterocycles. The number of benzene rings is 1. The van der Waals surface area contributed by atoms with Crippen molar-refractivity contribution in [2.45, 2.75) is 25.7 Å². The molecule has 2 N–H and O–H groups in total. The fourth-order valence-corrected chi connectivity index (χ4v) is 2.67.